The van der Waals surface area contributed by atoms with Gasteiger partial charge in [0.1, 0.15) is 11.4 Å². The Morgan fingerprint density at radius 1 is 1.21 bits per heavy atom. The lowest BCUT2D eigenvalue weighted by Crippen LogP contribution is -2.06. The maximum atomic E-state index is 12.0. The van der Waals surface area contributed by atoms with E-state index in [1.54, 1.807) is 13.3 Å². The van der Waals surface area contributed by atoms with E-state index in [9.17, 15) is 4.79 Å². The molecule has 0 bridgehead atoms. The largest absolute Gasteiger partial charge is 0.494 e. The summed E-state index contributed by atoms with van der Waals surface area (Å²) in [5, 5.41) is 4.38. The van der Waals surface area contributed by atoms with Crippen LogP contribution in [-0.4, -0.2) is 22.7 Å². The zero-order chi connectivity index (χ0) is 13.2. The number of fused-ring (bicyclic) bond motifs is 1. The van der Waals surface area contributed by atoms with Gasteiger partial charge in [-0.25, -0.2) is 4.68 Å². The summed E-state index contributed by atoms with van der Waals surface area (Å²) in [4.78, 5) is 12.0. The standard InChI is InChI=1S/C15H16N2O2/c1-19-15-9-5-3-7-13(15)17-12-6-2-4-8-14(18)11(12)10-16-17/h3,5,7,9-10H,2,4,6,8H2,1H3. The fraction of sp³-hybridized carbons (Fsp3) is 0.333. The zero-order valence-electron chi connectivity index (χ0n) is 10.9. The highest BCUT2D eigenvalue weighted by molar-refractivity contribution is 5.97. The van der Waals surface area contributed by atoms with Crippen LogP contribution in [0.1, 0.15) is 35.3 Å². The predicted molar refractivity (Wildman–Crippen MR) is 72.0 cm³/mol. The SMILES string of the molecule is COc1ccccc1-n1ncc2c1CCCCC2=O. The summed E-state index contributed by atoms with van der Waals surface area (Å²) in [6.07, 6.45) is 5.19. The van der Waals surface area contributed by atoms with Crippen LogP contribution in [0.5, 0.6) is 5.75 Å². The first-order valence-corrected chi connectivity index (χ1v) is 6.55. The van der Waals surface area contributed by atoms with Crippen molar-refractivity contribution in [1.29, 1.82) is 0 Å². The number of nitrogens with zero attached hydrogens (tertiary/aromatic N) is 2. The molecule has 2 aromatic rings. The third kappa shape index (κ3) is 2.03. The summed E-state index contributed by atoms with van der Waals surface area (Å²) >= 11 is 0. The average Bonchev–Trinajstić information content (AvgIpc) is 2.78. The molecule has 1 aliphatic rings. The molecule has 0 atom stereocenters. The average molecular weight is 256 g/mol. The Balaban J connectivity index is 2.14. The Labute approximate surface area is 112 Å². The lowest BCUT2D eigenvalue weighted by atomic mass is 10.1. The normalized spacial score (nSPS) is 14.9. The van der Waals surface area contributed by atoms with Gasteiger partial charge in [-0.15, -0.1) is 0 Å². The highest BCUT2D eigenvalue weighted by Gasteiger charge is 2.21. The van der Waals surface area contributed by atoms with Crippen LogP contribution in [0.3, 0.4) is 0 Å². The maximum absolute atomic E-state index is 12.0. The molecule has 1 heterocycles. The fourth-order valence-electron chi connectivity index (χ4n) is 2.57. The summed E-state index contributed by atoms with van der Waals surface area (Å²) < 4.78 is 7.22. The molecular formula is C15H16N2O2. The first kappa shape index (κ1) is 12.0. The van der Waals surface area contributed by atoms with Gasteiger partial charge in [0, 0.05) is 6.42 Å². The zero-order valence-corrected chi connectivity index (χ0v) is 10.9. The lowest BCUT2D eigenvalue weighted by molar-refractivity contribution is 0.0982. The monoisotopic (exact) mass is 256 g/mol. The number of hydrogen-bond donors (Lipinski definition) is 0. The Morgan fingerprint density at radius 2 is 2.00 bits per heavy atom. The van der Waals surface area contributed by atoms with Crippen molar-refractivity contribution < 1.29 is 9.53 Å². The molecule has 1 aromatic heterocycles. The number of para-hydroxylation sites is 2. The first-order valence-electron chi connectivity index (χ1n) is 6.55. The van der Waals surface area contributed by atoms with E-state index in [1.807, 2.05) is 28.9 Å². The van der Waals surface area contributed by atoms with Crippen molar-refractivity contribution >= 4 is 5.78 Å². The van der Waals surface area contributed by atoms with E-state index in [-0.39, 0.29) is 5.78 Å². The molecule has 4 nitrogen and oxygen atoms in total. The summed E-state index contributed by atoms with van der Waals surface area (Å²) in [5.41, 5.74) is 2.66. The molecule has 0 aliphatic heterocycles. The van der Waals surface area contributed by atoms with Crippen LogP contribution in [0, 0.1) is 0 Å². The molecule has 0 radical (unpaired) electrons. The van der Waals surface area contributed by atoms with Crippen LogP contribution in [0.4, 0.5) is 0 Å². The van der Waals surface area contributed by atoms with Crippen molar-refractivity contribution in [2.45, 2.75) is 25.7 Å². The number of aromatic nitrogens is 2. The van der Waals surface area contributed by atoms with E-state index in [0.29, 0.717) is 6.42 Å². The van der Waals surface area contributed by atoms with Crippen molar-refractivity contribution in [2.24, 2.45) is 0 Å². The Bertz CT molecular complexity index is 616. The van der Waals surface area contributed by atoms with Crippen LogP contribution in [-0.2, 0) is 6.42 Å². The predicted octanol–water partition coefficient (Wildman–Crippen LogP) is 2.79. The molecule has 0 spiro atoms. The number of rotatable bonds is 2. The topological polar surface area (TPSA) is 44.1 Å². The molecule has 4 heteroatoms. The van der Waals surface area contributed by atoms with Gasteiger partial charge in [0.25, 0.3) is 0 Å². The van der Waals surface area contributed by atoms with Crippen molar-refractivity contribution in [3.63, 3.8) is 0 Å². The molecule has 1 aliphatic carbocycles. The quantitative estimate of drug-likeness (QED) is 0.776. The van der Waals surface area contributed by atoms with Crippen molar-refractivity contribution in [1.82, 2.24) is 9.78 Å². The third-order valence-corrected chi connectivity index (χ3v) is 3.55. The molecule has 19 heavy (non-hydrogen) atoms. The first-order chi connectivity index (χ1) is 9.31. The van der Waals surface area contributed by atoms with Crippen LogP contribution in [0.25, 0.3) is 5.69 Å². The van der Waals surface area contributed by atoms with E-state index in [1.165, 1.54) is 0 Å². The molecule has 0 saturated heterocycles. The van der Waals surface area contributed by atoms with Crippen molar-refractivity contribution in [3.05, 3.63) is 41.7 Å². The summed E-state index contributed by atoms with van der Waals surface area (Å²) in [7, 11) is 1.64. The highest BCUT2D eigenvalue weighted by Crippen LogP contribution is 2.27. The summed E-state index contributed by atoms with van der Waals surface area (Å²) in [6.45, 7) is 0. The molecule has 0 N–H and O–H groups in total. The van der Waals surface area contributed by atoms with Crippen LogP contribution < -0.4 is 4.74 Å². The summed E-state index contributed by atoms with van der Waals surface area (Å²) in [5.74, 6) is 0.971. The Morgan fingerprint density at radius 3 is 2.84 bits per heavy atom. The number of carbonyl (C=O) groups excluding carboxylic acids is 1. The maximum Gasteiger partial charge on any atom is 0.166 e. The van der Waals surface area contributed by atoms with Gasteiger partial charge < -0.3 is 4.74 Å². The van der Waals surface area contributed by atoms with Gasteiger partial charge in [0.15, 0.2) is 5.78 Å². The highest BCUT2D eigenvalue weighted by atomic mass is 16.5. The van der Waals surface area contributed by atoms with Crippen molar-refractivity contribution in [3.8, 4) is 11.4 Å². The van der Waals surface area contributed by atoms with E-state index < -0.39 is 0 Å². The number of hydrogen-bond acceptors (Lipinski definition) is 3. The molecule has 98 valence electrons. The van der Waals surface area contributed by atoms with Gasteiger partial charge >= 0.3 is 0 Å². The number of ketones is 1. The van der Waals surface area contributed by atoms with Crippen LogP contribution in [0.15, 0.2) is 30.5 Å². The number of ether oxygens (including phenoxy) is 1. The smallest absolute Gasteiger partial charge is 0.166 e. The second-order valence-electron chi connectivity index (χ2n) is 4.72. The molecule has 0 saturated carbocycles. The minimum absolute atomic E-state index is 0.202. The molecule has 0 fully saturated rings. The Kier molecular flexibility index (Phi) is 3.07. The molecule has 0 unspecified atom stereocenters. The minimum Gasteiger partial charge on any atom is -0.494 e. The number of benzene rings is 1. The Hall–Kier alpha value is -2.10. The molecule has 3 rings (SSSR count). The van der Waals surface area contributed by atoms with Gasteiger partial charge in [-0.05, 0) is 31.4 Å². The number of carbonyl (C=O) groups is 1. The van der Waals surface area contributed by atoms with E-state index in [4.69, 9.17) is 4.74 Å². The van der Waals surface area contributed by atoms with E-state index in [0.717, 1.165) is 42.0 Å². The van der Waals surface area contributed by atoms with Crippen LogP contribution in [0.2, 0.25) is 0 Å². The molecular weight excluding hydrogens is 240 g/mol. The van der Waals surface area contributed by atoms with Crippen LogP contribution >= 0.6 is 0 Å². The summed E-state index contributed by atoms with van der Waals surface area (Å²) in [6, 6.07) is 7.74. The van der Waals surface area contributed by atoms with Gasteiger partial charge in [-0.2, -0.15) is 5.10 Å². The second-order valence-corrected chi connectivity index (χ2v) is 4.72. The van der Waals surface area contributed by atoms with E-state index >= 15 is 0 Å². The fourth-order valence-corrected chi connectivity index (χ4v) is 2.57. The minimum atomic E-state index is 0.202. The van der Waals surface area contributed by atoms with Gasteiger partial charge in [0.2, 0.25) is 0 Å². The number of Topliss-reactive ketones (excluding diaryl/α,β-unsaturated/α-hetero) is 1. The van der Waals surface area contributed by atoms with Gasteiger partial charge in [-0.3, -0.25) is 4.79 Å². The van der Waals surface area contributed by atoms with E-state index in [2.05, 4.69) is 5.10 Å². The van der Waals surface area contributed by atoms with Crippen molar-refractivity contribution in [2.75, 3.05) is 7.11 Å². The third-order valence-electron chi connectivity index (χ3n) is 3.55. The lowest BCUT2D eigenvalue weighted by Gasteiger charge is -2.11. The number of methoxy groups -OCH3 is 1. The molecule has 1 aromatic carbocycles. The molecule has 0 amide bonds. The second kappa shape index (κ2) is 4.88. The van der Waals surface area contributed by atoms with Gasteiger partial charge in [0.05, 0.1) is 24.6 Å². The van der Waals surface area contributed by atoms with Gasteiger partial charge in [-0.1, -0.05) is 12.1 Å².